The smallest absolute Gasteiger partial charge is 0.276 e. The fourth-order valence-corrected chi connectivity index (χ4v) is 3.41. The summed E-state index contributed by atoms with van der Waals surface area (Å²) >= 11 is 1.32. The van der Waals surface area contributed by atoms with Crippen LogP contribution in [0.15, 0.2) is 69.0 Å². The van der Waals surface area contributed by atoms with Crippen molar-refractivity contribution < 1.29 is 4.42 Å². The molecule has 0 saturated carbocycles. The van der Waals surface area contributed by atoms with E-state index in [0.717, 1.165) is 5.56 Å². The second-order valence-electron chi connectivity index (χ2n) is 5.97. The van der Waals surface area contributed by atoms with E-state index in [1.165, 1.54) is 16.4 Å². The Morgan fingerprint density at radius 2 is 1.79 bits per heavy atom. The Morgan fingerprint density at radius 3 is 2.57 bits per heavy atom. The van der Waals surface area contributed by atoms with E-state index in [9.17, 15) is 4.79 Å². The van der Waals surface area contributed by atoms with Crippen molar-refractivity contribution in [1.82, 2.24) is 20.0 Å². The molecule has 0 N–H and O–H groups in total. The number of hydrogen-bond donors (Lipinski definition) is 0. The van der Waals surface area contributed by atoms with Crippen LogP contribution < -0.4 is 5.56 Å². The fourth-order valence-electron chi connectivity index (χ4n) is 2.80. The Balaban J connectivity index is 1.78. The molecule has 138 valence electrons. The zero-order chi connectivity index (χ0) is 19.3. The topological polar surface area (TPSA) is 97.6 Å². The van der Waals surface area contributed by atoms with Crippen LogP contribution >= 0.6 is 11.8 Å². The minimum atomic E-state index is -0.175. The zero-order valence-corrected chi connectivity index (χ0v) is 15.6. The SMILES string of the molecule is N#CCCSc1nnc(-c2nn(Cc3ccccc3)c(=O)c3ccccc23)o1. The van der Waals surface area contributed by atoms with Crippen molar-refractivity contribution in [1.29, 1.82) is 5.26 Å². The Morgan fingerprint density at radius 1 is 1.04 bits per heavy atom. The lowest BCUT2D eigenvalue weighted by Gasteiger charge is -2.09. The quantitative estimate of drug-likeness (QED) is 0.368. The molecule has 0 saturated heterocycles. The molecule has 7 nitrogen and oxygen atoms in total. The predicted molar refractivity (Wildman–Crippen MR) is 106 cm³/mol. The van der Waals surface area contributed by atoms with E-state index in [0.29, 0.717) is 40.4 Å². The summed E-state index contributed by atoms with van der Waals surface area (Å²) in [7, 11) is 0. The first-order valence-corrected chi connectivity index (χ1v) is 9.62. The first kappa shape index (κ1) is 17.9. The second kappa shape index (κ2) is 8.06. The van der Waals surface area contributed by atoms with Gasteiger partial charge >= 0.3 is 0 Å². The number of thioether (sulfide) groups is 1. The number of aromatic nitrogens is 4. The maximum absolute atomic E-state index is 12.9. The summed E-state index contributed by atoms with van der Waals surface area (Å²) in [6.45, 7) is 0.343. The third-order valence-electron chi connectivity index (χ3n) is 4.09. The van der Waals surface area contributed by atoms with Crippen LogP contribution in [0, 0.1) is 11.3 Å². The van der Waals surface area contributed by atoms with E-state index >= 15 is 0 Å². The van der Waals surface area contributed by atoms with Gasteiger partial charge < -0.3 is 4.42 Å². The van der Waals surface area contributed by atoms with Crippen LogP contribution in [0.2, 0.25) is 0 Å². The monoisotopic (exact) mass is 389 g/mol. The Kier molecular flexibility index (Phi) is 5.17. The average Bonchev–Trinajstić information content (AvgIpc) is 3.20. The molecular formula is C20H15N5O2S. The highest BCUT2D eigenvalue weighted by molar-refractivity contribution is 7.99. The molecule has 0 fully saturated rings. The molecule has 0 spiro atoms. The van der Waals surface area contributed by atoms with Crippen molar-refractivity contribution >= 4 is 22.5 Å². The number of hydrogen-bond acceptors (Lipinski definition) is 7. The molecule has 0 bridgehead atoms. The van der Waals surface area contributed by atoms with Crippen molar-refractivity contribution in [3.8, 4) is 17.7 Å². The first-order valence-electron chi connectivity index (χ1n) is 8.63. The average molecular weight is 389 g/mol. The van der Waals surface area contributed by atoms with E-state index in [4.69, 9.17) is 9.68 Å². The van der Waals surface area contributed by atoms with Gasteiger partial charge in [0.05, 0.1) is 18.0 Å². The Bertz CT molecular complexity index is 1210. The number of rotatable bonds is 6. The van der Waals surface area contributed by atoms with Crippen molar-refractivity contribution in [2.45, 2.75) is 18.2 Å². The van der Waals surface area contributed by atoms with Gasteiger partial charge in [-0.15, -0.1) is 10.2 Å². The van der Waals surface area contributed by atoms with Crippen molar-refractivity contribution in [2.24, 2.45) is 0 Å². The van der Waals surface area contributed by atoms with Crippen molar-refractivity contribution in [2.75, 3.05) is 5.75 Å². The standard InChI is InChI=1S/C20H15N5O2S/c21-11-6-12-28-20-23-22-18(27-20)17-15-9-4-5-10-16(15)19(26)25(24-17)13-14-7-2-1-3-8-14/h1-5,7-10H,6,12-13H2. The summed E-state index contributed by atoms with van der Waals surface area (Å²) in [6.07, 6.45) is 0.394. The Hall–Kier alpha value is -3.44. The van der Waals surface area contributed by atoms with E-state index in [-0.39, 0.29) is 11.4 Å². The number of benzene rings is 2. The Labute approximate surface area is 164 Å². The summed E-state index contributed by atoms with van der Waals surface area (Å²) in [5.41, 5.74) is 1.26. The molecule has 0 unspecified atom stereocenters. The second-order valence-corrected chi connectivity index (χ2v) is 7.02. The highest BCUT2D eigenvalue weighted by Gasteiger charge is 2.17. The first-order chi connectivity index (χ1) is 13.8. The zero-order valence-electron chi connectivity index (χ0n) is 14.8. The van der Waals surface area contributed by atoms with Crippen LogP contribution in [-0.4, -0.2) is 25.7 Å². The molecule has 28 heavy (non-hydrogen) atoms. The van der Waals surface area contributed by atoms with Crippen molar-refractivity contribution in [3.05, 3.63) is 70.5 Å². The van der Waals surface area contributed by atoms with Gasteiger partial charge in [0.1, 0.15) is 0 Å². The van der Waals surface area contributed by atoms with Gasteiger partial charge in [0.15, 0.2) is 5.69 Å². The molecular weight excluding hydrogens is 374 g/mol. The van der Waals surface area contributed by atoms with Crippen LogP contribution in [0.4, 0.5) is 0 Å². The third-order valence-corrected chi connectivity index (χ3v) is 4.91. The highest BCUT2D eigenvalue weighted by Crippen LogP contribution is 2.26. The molecule has 8 heteroatoms. The molecule has 4 aromatic rings. The maximum atomic E-state index is 12.9. The molecule has 4 rings (SSSR count). The molecule has 0 aliphatic rings. The van der Waals surface area contributed by atoms with Crippen molar-refractivity contribution in [3.63, 3.8) is 0 Å². The third kappa shape index (κ3) is 3.66. The minimum absolute atomic E-state index is 0.175. The van der Waals surface area contributed by atoms with Gasteiger partial charge in [-0.1, -0.05) is 60.3 Å². The molecule has 0 aliphatic carbocycles. The lowest BCUT2D eigenvalue weighted by molar-refractivity contribution is 0.463. The van der Waals surface area contributed by atoms with Gasteiger partial charge in [0.25, 0.3) is 16.7 Å². The van der Waals surface area contributed by atoms with E-state index in [2.05, 4.69) is 21.4 Å². The van der Waals surface area contributed by atoms with Crippen LogP contribution in [0.1, 0.15) is 12.0 Å². The van der Waals surface area contributed by atoms with Gasteiger partial charge in [-0.2, -0.15) is 10.4 Å². The summed E-state index contributed by atoms with van der Waals surface area (Å²) < 4.78 is 7.14. The maximum Gasteiger partial charge on any atom is 0.276 e. The van der Waals surface area contributed by atoms with E-state index < -0.39 is 0 Å². The van der Waals surface area contributed by atoms with Crippen LogP contribution in [0.3, 0.4) is 0 Å². The predicted octanol–water partition coefficient (Wildman–Crippen LogP) is 3.50. The van der Waals surface area contributed by atoms with E-state index in [1.54, 1.807) is 6.07 Å². The fraction of sp³-hybridized carbons (Fsp3) is 0.150. The van der Waals surface area contributed by atoms with Gasteiger partial charge in [0.2, 0.25) is 0 Å². The van der Waals surface area contributed by atoms with Crippen LogP contribution in [0.5, 0.6) is 0 Å². The molecule has 0 radical (unpaired) electrons. The van der Waals surface area contributed by atoms with Gasteiger partial charge in [-0.25, -0.2) is 4.68 Å². The lowest BCUT2D eigenvalue weighted by Crippen LogP contribution is -2.24. The summed E-state index contributed by atoms with van der Waals surface area (Å²) in [5, 5.41) is 22.9. The molecule has 0 amide bonds. The minimum Gasteiger partial charge on any atom is -0.410 e. The van der Waals surface area contributed by atoms with Crippen LogP contribution in [0.25, 0.3) is 22.4 Å². The lowest BCUT2D eigenvalue weighted by atomic mass is 10.1. The highest BCUT2D eigenvalue weighted by atomic mass is 32.2. The number of nitrogens with zero attached hydrogens (tertiary/aromatic N) is 5. The van der Waals surface area contributed by atoms with Gasteiger partial charge in [-0.05, 0) is 11.6 Å². The molecule has 2 aromatic heterocycles. The number of fused-ring (bicyclic) bond motifs is 1. The summed E-state index contributed by atoms with van der Waals surface area (Å²) in [4.78, 5) is 12.9. The summed E-state index contributed by atoms with van der Waals surface area (Å²) in [5.74, 6) is 0.817. The molecule has 0 atom stereocenters. The number of nitriles is 1. The normalized spacial score (nSPS) is 10.8. The summed E-state index contributed by atoms with van der Waals surface area (Å²) in [6, 6.07) is 19.0. The molecule has 2 heterocycles. The molecule has 2 aromatic carbocycles. The van der Waals surface area contributed by atoms with Crippen LogP contribution in [-0.2, 0) is 6.54 Å². The largest absolute Gasteiger partial charge is 0.410 e. The van der Waals surface area contributed by atoms with Gasteiger partial charge in [0, 0.05) is 17.6 Å². The van der Waals surface area contributed by atoms with E-state index in [1.807, 2.05) is 48.5 Å². The molecule has 0 aliphatic heterocycles. The van der Waals surface area contributed by atoms with Gasteiger partial charge in [-0.3, -0.25) is 4.79 Å².